The van der Waals surface area contributed by atoms with Crippen LogP contribution < -0.4 is 5.32 Å². The minimum atomic E-state index is -4.82. The number of aliphatic hydroxyl groups excluding tert-OH is 1. The van der Waals surface area contributed by atoms with Gasteiger partial charge in [0.1, 0.15) is 5.82 Å². The molecule has 2 N–H and O–H groups in total. The minimum Gasteiger partial charge on any atom is -0.391 e. The number of alkyl halides is 3. The normalized spacial score (nSPS) is 17.5. The van der Waals surface area contributed by atoms with Crippen molar-refractivity contribution < 1.29 is 27.5 Å². The summed E-state index contributed by atoms with van der Waals surface area (Å²) < 4.78 is 51.5. The standard InChI is InChI=1S/C15H17F4NO2/c16-10-5-6-11(12(7-10)15(17,18)19)14(22)20-8-13(21)9-3-1-2-4-9/h5-7,9,13,21H,1-4,8H2,(H,20,22). The lowest BCUT2D eigenvalue weighted by atomic mass is 10.0. The van der Waals surface area contributed by atoms with Crippen LogP contribution in [0.5, 0.6) is 0 Å². The summed E-state index contributed by atoms with van der Waals surface area (Å²) in [5.74, 6) is -1.96. The predicted octanol–water partition coefficient (Wildman–Crippen LogP) is 3.13. The SMILES string of the molecule is O=C(NCC(O)C1CCCC1)c1ccc(F)cc1C(F)(F)F. The van der Waals surface area contributed by atoms with Gasteiger partial charge in [-0.1, -0.05) is 12.8 Å². The fraction of sp³-hybridized carbons (Fsp3) is 0.533. The van der Waals surface area contributed by atoms with Crippen molar-refractivity contribution in [2.24, 2.45) is 5.92 Å². The third-order valence-corrected chi connectivity index (χ3v) is 3.95. The Kier molecular flexibility index (Phi) is 5.05. The van der Waals surface area contributed by atoms with E-state index in [4.69, 9.17) is 0 Å². The summed E-state index contributed by atoms with van der Waals surface area (Å²) in [4.78, 5) is 11.9. The van der Waals surface area contributed by atoms with Crippen molar-refractivity contribution in [1.29, 1.82) is 0 Å². The molecule has 0 radical (unpaired) electrons. The molecule has 3 nitrogen and oxygen atoms in total. The molecule has 0 heterocycles. The van der Waals surface area contributed by atoms with Gasteiger partial charge < -0.3 is 10.4 Å². The average molecular weight is 319 g/mol. The first-order valence-electron chi connectivity index (χ1n) is 7.12. The van der Waals surface area contributed by atoms with Gasteiger partial charge in [-0.05, 0) is 37.0 Å². The van der Waals surface area contributed by atoms with E-state index in [0.29, 0.717) is 6.07 Å². The first-order valence-corrected chi connectivity index (χ1v) is 7.12. The molecule has 1 aliphatic carbocycles. The van der Waals surface area contributed by atoms with E-state index >= 15 is 0 Å². The minimum absolute atomic E-state index is 0.0654. The van der Waals surface area contributed by atoms with Crippen LogP contribution in [0.1, 0.15) is 41.6 Å². The maximum atomic E-state index is 13.0. The molecule has 1 saturated carbocycles. The van der Waals surface area contributed by atoms with Crippen LogP contribution in [-0.4, -0.2) is 23.7 Å². The number of rotatable bonds is 4. The number of aliphatic hydroxyl groups is 1. The molecule has 1 unspecified atom stereocenters. The second kappa shape index (κ2) is 6.64. The summed E-state index contributed by atoms with van der Waals surface area (Å²) in [6.07, 6.45) is -1.89. The molecule has 0 bridgehead atoms. The molecule has 0 aromatic heterocycles. The molecule has 1 amide bonds. The number of halogens is 4. The molecule has 1 aromatic carbocycles. The van der Waals surface area contributed by atoms with Gasteiger partial charge in [-0.15, -0.1) is 0 Å². The van der Waals surface area contributed by atoms with Crippen molar-refractivity contribution in [3.63, 3.8) is 0 Å². The summed E-state index contributed by atoms with van der Waals surface area (Å²) in [6.45, 7) is -0.113. The van der Waals surface area contributed by atoms with Crippen molar-refractivity contribution in [1.82, 2.24) is 5.32 Å². The fourth-order valence-corrected chi connectivity index (χ4v) is 2.75. The molecule has 0 spiro atoms. The second-order valence-corrected chi connectivity index (χ2v) is 5.51. The summed E-state index contributed by atoms with van der Waals surface area (Å²) in [7, 11) is 0. The van der Waals surface area contributed by atoms with E-state index < -0.39 is 35.1 Å². The van der Waals surface area contributed by atoms with Crippen molar-refractivity contribution in [2.75, 3.05) is 6.54 Å². The lowest BCUT2D eigenvalue weighted by Crippen LogP contribution is -2.36. The Labute approximate surface area is 125 Å². The van der Waals surface area contributed by atoms with E-state index in [2.05, 4.69) is 5.32 Å². The Balaban J connectivity index is 2.06. The molecule has 7 heteroatoms. The van der Waals surface area contributed by atoms with Gasteiger partial charge in [-0.3, -0.25) is 4.79 Å². The summed E-state index contributed by atoms with van der Waals surface area (Å²) in [5, 5.41) is 12.2. The maximum absolute atomic E-state index is 13.0. The molecular formula is C15H17F4NO2. The first-order chi connectivity index (χ1) is 10.3. The lowest BCUT2D eigenvalue weighted by molar-refractivity contribution is -0.138. The highest BCUT2D eigenvalue weighted by atomic mass is 19.4. The molecule has 22 heavy (non-hydrogen) atoms. The van der Waals surface area contributed by atoms with Gasteiger partial charge in [0, 0.05) is 6.54 Å². The number of hydrogen-bond acceptors (Lipinski definition) is 2. The van der Waals surface area contributed by atoms with Crippen molar-refractivity contribution >= 4 is 5.91 Å². The Morgan fingerprint density at radius 1 is 1.32 bits per heavy atom. The van der Waals surface area contributed by atoms with Crippen LogP contribution in [0.25, 0.3) is 0 Å². The van der Waals surface area contributed by atoms with Gasteiger partial charge in [-0.2, -0.15) is 13.2 Å². The Bertz CT molecular complexity index is 539. The summed E-state index contributed by atoms with van der Waals surface area (Å²) in [6, 6.07) is 1.90. The predicted molar refractivity (Wildman–Crippen MR) is 71.7 cm³/mol. The zero-order valence-corrected chi connectivity index (χ0v) is 11.8. The van der Waals surface area contributed by atoms with Crippen LogP contribution >= 0.6 is 0 Å². The number of amides is 1. The van der Waals surface area contributed by atoms with Crippen LogP contribution in [0.2, 0.25) is 0 Å². The fourth-order valence-electron chi connectivity index (χ4n) is 2.75. The van der Waals surface area contributed by atoms with Gasteiger partial charge in [0.05, 0.1) is 17.2 Å². The largest absolute Gasteiger partial charge is 0.417 e. The zero-order chi connectivity index (χ0) is 16.3. The highest BCUT2D eigenvalue weighted by molar-refractivity contribution is 5.95. The number of carbonyl (C=O) groups excluding carboxylic acids is 1. The van der Waals surface area contributed by atoms with Gasteiger partial charge >= 0.3 is 6.18 Å². The van der Waals surface area contributed by atoms with Gasteiger partial charge in [-0.25, -0.2) is 4.39 Å². The quantitative estimate of drug-likeness (QED) is 0.838. The zero-order valence-electron chi connectivity index (χ0n) is 11.8. The van der Waals surface area contributed by atoms with Crippen molar-refractivity contribution in [2.45, 2.75) is 38.0 Å². The highest BCUT2D eigenvalue weighted by Crippen LogP contribution is 2.32. The van der Waals surface area contributed by atoms with E-state index in [9.17, 15) is 27.5 Å². The lowest BCUT2D eigenvalue weighted by Gasteiger charge is -2.19. The Morgan fingerprint density at radius 2 is 1.95 bits per heavy atom. The van der Waals surface area contributed by atoms with E-state index in [1.165, 1.54) is 0 Å². The topological polar surface area (TPSA) is 49.3 Å². The second-order valence-electron chi connectivity index (χ2n) is 5.51. The Morgan fingerprint density at radius 3 is 2.55 bits per heavy atom. The van der Waals surface area contributed by atoms with Crippen LogP contribution in [0, 0.1) is 11.7 Å². The van der Waals surface area contributed by atoms with Crippen molar-refractivity contribution in [3.8, 4) is 0 Å². The molecule has 2 rings (SSSR count). The summed E-state index contributed by atoms with van der Waals surface area (Å²) in [5.41, 5.74) is -1.96. The van der Waals surface area contributed by atoms with Crippen LogP contribution in [0.4, 0.5) is 17.6 Å². The molecule has 0 aliphatic heterocycles. The Hall–Kier alpha value is -1.63. The third-order valence-electron chi connectivity index (χ3n) is 3.95. The number of carbonyl (C=O) groups is 1. The van der Waals surface area contributed by atoms with Crippen LogP contribution in [0.3, 0.4) is 0 Å². The first kappa shape index (κ1) is 16.7. The molecule has 1 atom stereocenters. The molecule has 1 aromatic rings. The molecule has 122 valence electrons. The van der Waals surface area contributed by atoms with Crippen LogP contribution in [0.15, 0.2) is 18.2 Å². The van der Waals surface area contributed by atoms with Gasteiger partial charge in [0.15, 0.2) is 0 Å². The molecular weight excluding hydrogens is 302 g/mol. The monoisotopic (exact) mass is 319 g/mol. The van der Waals surface area contributed by atoms with E-state index in [1.807, 2.05) is 0 Å². The smallest absolute Gasteiger partial charge is 0.391 e. The van der Waals surface area contributed by atoms with Crippen molar-refractivity contribution in [3.05, 3.63) is 35.1 Å². The number of hydrogen-bond donors (Lipinski definition) is 2. The van der Waals surface area contributed by atoms with Gasteiger partial charge in [0.25, 0.3) is 5.91 Å². The molecule has 1 aliphatic rings. The molecule has 1 fully saturated rings. The molecule has 0 saturated heterocycles. The third kappa shape index (κ3) is 3.97. The number of nitrogens with one attached hydrogen (secondary N) is 1. The highest BCUT2D eigenvalue weighted by Gasteiger charge is 2.36. The van der Waals surface area contributed by atoms with E-state index in [-0.39, 0.29) is 12.5 Å². The number of benzene rings is 1. The summed E-state index contributed by atoms with van der Waals surface area (Å²) >= 11 is 0. The van der Waals surface area contributed by atoms with E-state index in [1.54, 1.807) is 0 Å². The van der Waals surface area contributed by atoms with Gasteiger partial charge in [0.2, 0.25) is 0 Å². The van der Waals surface area contributed by atoms with E-state index in [0.717, 1.165) is 37.8 Å². The maximum Gasteiger partial charge on any atom is 0.417 e. The average Bonchev–Trinajstić information content (AvgIpc) is 2.97. The van der Waals surface area contributed by atoms with Crippen LogP contribution in [-0.2, 0) is 6.18 Å².